The topological polar surface area (TPSA) is 104 Å². The van der Waals surface area contributed by atoms with Crippen molar-refractivity contribution in [1.29, 1.82) is 0 Å². The number of carbonyl (C=O) groups is 2. The van der Waals surface area contributed by atoms with Gasteiger partial charge >= 0.3 is 12.0 Å². The molecule has 7 nitrogen and oxygen atoms in total. The van der Waals surface area contributed by atoms with E-state index in [4.69, 9.17) is 5.11 Å². The Kier molecular flexibility index (Phi) is 5.01. The van der Waals surface area contributed by atoms with E-state index in [1.165, 1.54) is 4.90 Å². The molecule has 116 valence electrons. The lowest BCUT2D eigenvalue weighted by Gasteiger charge is -2.27. The maximum atomic E-state index is 12.0. The van der Waals surface area contributed by atoms with E-state index in [9.17, 15) is 18.0 Å². The minimum Gasteiger partial charge on any atom is -0.481 e. The summed E-state index contributed by atoms with van der Waals surface area (Å²) in [5, 5.41) is 11.3. The number of hydrogen-bond donors (Lipinski definition) is 2. The fourth-order valence-electron chi connectivity index (χ4n) is 1.57. The maximum Gasteiger partial charge on any atom is 0.317 e. The number of hydrogen-bond acceptors (Lipinski definition) is 4. The van der Waals surface area contributed by atoms with E-state index in [-0.39, 0.29) is 25.6 Å². The van der Waals surface area contributed by atoms with Crippen molar-refractivity contribution < 1.29 is 23.1 Å². The quantitative estimate of drug-likeness (QED) is 0.711. The molecule has 0 heterocycles. The van der Waals surface area contributed by atoms with Crippen molar-refractivity contribution in [2.24, 2.45) is 0 Å². The monoisotopic (exact) mass is 306 g/mol. The van der Waals surface area contributed by atoms with Gasteiger partial charge in [0.05, 0.1) is 11.2 Å². The standard InChI is InChI=1S/C12H22N2O5S/c1-12(2,20(3,18)19)8-13-11(17)14(9-4-5-9)7-6-10(15)16/h9H,4-8H2,1-3H3,(H,13,17)(H,15,16). The fourth-order valence-corrected chi connectivity index (χ4v) is 1.91. The molecule has 0 atom stereocenters. The summed E-state index contributed by atoms with van der Waals surface area (Å²) in [4.78, 5) is 24.1. The minimum atomic E-state index is -3.28. The number of nitrogens with one attached hydrogen (secondary N) is 1. The number of rotatable bonds is 7. The van der Waals surface area contributed by atoms with Gasteiger partial charge in [0, 0.05) is 25.4 Å². The first-order valence-corrected chi connectivity index (χ1v) is 8.39. The van der Waals surface area contributed by atoms with Gasteiger partial charge in [-0.3, -0.25) is 4.79 Å². The predicted molar refractivity (Wildman–Crippen MR) is 74.3 cm³/mol. The van der Waals surface area contributed by atoms with Crippen LogP contribution in [0.4, 0.5) is 4.79 Å². The van der Waals surface area contributed by atoms with Gasteiger partial charge in [0.2, 0.25) is 0 Å². The second kappa shape index (κ2) is 5.99. The Bertz CT molecular complexity index is 482. The molecule has 0 saturated heterocycles. The highest BCUT2D eigenvalue weighted by Gasteiger charge is 2.35. The van der Waals surface area contributed by atoms with Crippen LogP contribution >= 0.6 is 0 Å². The zero-order chi connectivity index (χ0) is 15.6. The van der Waals surface area contributed by atoms with Crippen LogP contribution in [-0.4, -0.2) is 60.6 Å². The van der Waals surface area contributed by atoms with Gasteiger partial charge in [-0.05, 0) is 26.7 Å². The smallest absolute Gasteiger partial charge is 0.317 e. The normalized spacial score (nSPS) is 15.8. The van der Waals surface area contributed by atoms with Crippen LogP contribution in [-0.2, 0) is 14.6 Å². The van der Waals surface area contributed by atoms with Crippen LogP contribution in [0.15, 0.2) is 0 Å². The van der Waals surface area contributed by atoms with Gasteiger partial charge in [0.15, 0.2) is 9.84 Å². The highest BCUT2D eigenvalue weighted by molar-refractivity contribution is 7.92. The molecule has 1 aliphatic rings. The zero-order valence-corrected chi connectivity index (χ0v) is 12.9. The van der Waals surface area contributed by atoms with Gasteiger partial charge in [-0.2, -0.15) is 0 Å². The van der Waals surface area contributed by atoms with E-state index in [0.717, 1.165) is 19.1 Å². The Hall–Kier alpha value is -1.31. The lowest BCUT2D eigenvalue weighted by atomic mass is 10.2. The van der Waals surface area contributed by atoms with E-state index in [0.29, 0.717) is 0 Å². The van der Waals surface area contributed by atoms with Crippen molar-refractivity contribution in [2.75, 3.05) is 19.3 Å². The molecule has 0 radical (unpaired) electrons. The first kappa shape index (κ1) is 16.7. The first-order valence-electron chi connectivity index (χ1n) is 6.50. The molecule has 0 spiro atoms. The van der Waals surface area contributed by atoms with E-state index in [1.807, 2.05) is 0 Å². The molecule has 1 aliphatic carbocycles. The van der Waals surface area contributed by atoms with Crippen LogP contribution in [0.1, 0.15) is 33.1 Å². The highest BCUT2D eigenvalue weighted by Crippen LogP contribution is 2.27. The number of carbonyl (C=O) groups excluding carboxylic acids is 1. The third-order valence-electron chi connectivity index (χ3n) is 3.48. The van der Waals surface area contributed by atoms with Crippen LogP contribution in [0.2, 0.25) is 0 Å². The molecule has 0 aromatic heterocycles. The average molecular weight is 306 g/mol. The SMILES string of the molecule is CC(C)(CNC(=O)N(CCC(=O)O)C1CC1)S(C)(=O)=O. The highest BCUT2D eigenvalue weighted by atomic mass is 32.2. The number of nitrogens with zero attached hydrogens (tertiary/aromatic N) is 1. The fraction of sp³-hybridized carbons (Fsp3) is 0.833. The van der Waals surface area contributed by atoms with Crippen molar-refractivity contribution in [3.8, 4) is 0 Å². The van der Waals surface area contributed by atoms with Crippen molar-refractivity contribution in [3.05, 3.63) is 0 Å². The molecule has 0 aliphatic heterocycles. The van der Waals surface area contributed by atoms with E-state index >= 15 is 0 Å². The largest absolute Gasteiger partial charge is 0.481 e. The van der Waals surface area contributed by atoms with E-state index in [2.05, 4.69) is 5.32 Å². The summed E-state index contributed by atoms with van der Waals surface area (Å²) in [6.07, 6.45) is 2.74. The molecule has 0 bridgehead atoms. The third kappa shape index (κ3) is 4.66. The number of sulfone groups is 1. The molecule has 1 saturated carbocycles. The second-order valence-electron chi connectivity index (χ2n) is 5.76. The molecule has 2 amide bonds. The number of amides is 2. The molecule has 0 unspecified atom stereocenters. The third-order valence-corrected chi connectivity index (χ3v) is 5.64. The van der Waals surface area contributed by atoms with Gasteiger partial charge in [-0.1, -0.05) is 0 Å². The predicted octanol–water partition coefficient (Wildman–Crippen LogP) is 0.458. The minimum absolute atomic E-state index is 0.000950. The molecule has 1 fully saturated rings. The molecule has 8 heteroatoms. The Morgan fingerprint density at radius 1 is 1.35 bits per heavy atom. The number of aliphatic carboxylic acids is 1. The van der Waals surface area contributed by atoms with Crippen LogP contribution < -0.4 is 5.32 Å². The Labute approximate surface area is 119 Å². The summed E-state index contributed by atoms with van der Waals surface area (Å²) in [5.74, 6) is -0.958. The Morgan fingerprint density at radius 2 is 1.90 bits per heavy atom. The number of carboxylic acid groups (broad SMARTS) is 1. The van der Waals surface area contributed by atoms with Gasteiger partial charge < -0.3 is 15.3 Å². The van der Waals surface area contributed by atoms with Crippen molar-refractivity contribution >= 4 is 21.8 Å². The van der Waals surface area contributed by atoms with Crippen LogP contribution in [0, 0.1) is 0 Å². The van der Waals surface area contributed by atoms with Crippen molar-refractivity contribution in [2.45, 2.75) is 43.9 Å². The van der Waals surface area contributed by atoms with Crippen LogP contribution in [0.3, 0.4) is 0 Å². The van der Waals surface area contributed by atoms with Crippen LogP contribution in [0.5, 0.6) is 0 Å². The lowest BCUT2D eigenvalue weighted by Crippen LogP contribution is -2.49. The Morgan fingerprint density at radius 3 is 2.30 bits per heavy atom. The summed E-state index contributed by atoms with van der Waals surface area (Å²) in [6, 6.07) is -0.318. The summed E-state index contributed by atoms with van der Waals surface area (Å²) in [6.45, 7) is 3.23. The molecule has 2 N–H and O–H groups in total. The zero-order valence-electron chi connectivity index (χ0n) is 12.0. The molecular formula is C12H22N2O5S. The van der Waals surface area contributed by atoms with Gasteiger partial charge in [-0.15, -0.1) is 0 Å². The maximum absolute atomic E-state index is 12.0. The van der Waals surface area contributed by atoms with Crippen molar-refractivity contribution in [3.63, 3.8) is 0 Å². The van der Waals surface area contributed by atoms with Gasteiger partial charge in [0.1, 0.15) is 0 Å². The lowest BCUT2D eigenvalue weighted by molar-refractivity contribution is -0.137. The van der Waals surface area contributed by atoms with Gasteiger partial charge in [0.25, 0.3) is 0 Å². The van der Waals surface area contributed by atoms with Crippen molar-refractivity contribution in [1.82, 2.24) is 10.2 Å². The van der Waals surface area contributed by atoms with E-state index < -0.39 is 26.6 Å². The summed E-state index contributed by atoms with van der Waals surface area (Å²) >= 11 is 0. The van der Waals surface area contributed by atoms with Gasteiger partial charge in [-0.25, -0.2) is 13.2 Å². The molecule has 0 aromatic rings. The first-order chi connectivity index (χ1) is 9.04. The molecular weight excluding hydrogens is 284 g/mol. The number of carboxylic acids is 1. The Balaban J connectivity index is 2.57. The molecule has 1 rings (SSSR count). The van der Waals surface area contributed by atoms with Crippen LogP contribution in [0.25, 0.3) is 0 Å². The van der Waals surface area contributed by atoms with E-state index in [1.54, 1.807) is 13.8 Å². The average Bonchev–Trinajstić information content (AvgIpc) is 3.09. The number of urea groups is 1. The molecule has 0 aromatic carbocycles. The summed E-state index contributed by atoms with van der Waals surface area (Å²) in [5.41, 5.74) is 0. The molecule has 20 heavy (non-hydrogen) atoms. The second-order valence-corrected chi connectivity index (χ2v) is 8.41. The summed E-state index contributed by atoms with van der Waals surface area (Å²) in [7, 11) is -3.28. The summed E-state index contributed by atoms with van der Waals surface area (Å²) < 4.78 is 22.1.